The van der Waals surface area contributed by atoms with E-state index in [0.717, 1.165) is 22.7 Å². The minimum absolute atomic E-state index is 1.09. The molecule has 2 nitrogen and oxygen atoms in total. The van der Waals surface area contributed by atoms with Crippen LogP contribution in [-0.2, 0) is 0 Å². The number of hydrogen-bond donors (Lipinski definition) is 0. The lowest BCUT2D eigenvalue weighted by molar-refractivity contribution is 1.19. The van der Waals surface area contributed by atoms with Crippen LogP contribution in [0.15, 0.2) is 243 Å². The summed E-state index contributed by atoms with van der Waals surface area (Å²) < 4.78 is 2.44. The van der Waals surface area contributed by atoms with Gasteiger partial charge in [0.2, 0.25) is 0 Å². The average Bonchev–Trinajstić information content (AvgIpc) is 3.68. The van der Waals surface area contributed by atoms with Crippen molar-refractivity contribution in [2.24, 2.45) is 0 Å². The minimum atomic E-state index is 1.09. The topological polar surface area (TPSA) is 8.17 Å². The molecule has 0 fully saturated rings. The SMILES string of the molecule is c1ccc(-c2cc(-c3ccccc3)cc(-c3ccc(N(c4ccccc4)c4cccc(-c5cc6ccccc6c6c5c5ccccc5n6-c5ccccc5)c4)cc3)c2)cc1. The van der Waals surface area contributed by atoms with E-state index >= 15 is 0 Å². The van der Waals surface area contributed by atoms with Gasteiger partial charge in [0.25, 0.3) is 0 Å². The lowest BCUT2D eigenvalue weighted by Crippen LogP contribution is -2.09. The zero-order chi connectivity index (χ0) is 39.8. The van der Waals surface area contributed by atoms with Gasteiger partial charge in [-0.3, -0.25) is 0 Å². The van der Waals surface area contributed by atoms with Crippen LogP contribution in [0, 0.1) is 0 Å². The van der Waals surface area contributed by atoms with Crippen LogP contribution in [0.3, 0.4) is 0 Å². The van der Waals surface area contributed by atoms with Crippen LogP contribution in [0.25, 0.3) is 82.8 Å². The van der Waals surface area contributed by atoms with Crippen LogP contribution in [-0.4, -0.2) is 4.57 Å². The van der Waals surface area contributed by atoms with E-state index in [1.165, 1.54) is 77.1 Å². The van der Waals surface area contributed by atoms with Gasteiger partial charge in [0.15, 0.2) is 0 Å². The number of nitrogens with zero attached hydrogens (tertiary/aromatic N) is 2. The normalized spacial score (nSPS) is 11.3. The van der Waals surface area contributed by atoms with E-state index in [1.807, 2.05) is 0 Å². The van der Waals surface area contributed by atoms with Gasteiger partial charge in [0, 0.05) is 38.9 Å². The van der Waals surface area contributed by atoms with Crippen molar-refractivity contribution in [3.8, 4) is 50.2 Å². The Labute approximate surface area is 350 Å². The Balaban J connectivity index is 1.06. The van der Waals surface area contributed by atoms with E-state index in [1.54, 1.807) is 0 Å². The highest BCUT2D eigenvalue weighted by Crippen LogP contribution is 2.45. The number of benzene rings is 10. The summed E-state index contributed by atoms with van der Waals surface area (Å²) in [6.07, 6.45) is 0. The van der Waals surface area contributed by atoms with E-state index in [9.17, 15) is 0 Å². The highest BCUT2D eigenvalue weighted by molar-refractivity contribution is 6.24. The number of anilines is 3. The van der Waals surface area contributed by atoms with Gasteiger partial charge in [-0.05, 0) is 129 Å². The summed E-state index contributed by atoms with van der Waals surface area (Å²) in [6.45, 7) is 0. The van der Waals surface area contributed by atoms with Gasteiger partial charge in [-0.15, -0.1) is 0 Å². The Morgan fingerprint density at radius 1 is 0.300 bits per heavy atom. The van der Waals surface area contributed by atoms with Gasteiger partial charge >= 0.3 is 0 Å². The lowest BCUT2D eigenvalue weighted by Gasteiger charge is -2.26. The number of rotatable bonds is 8. The number of aromatic nitrogens is 1. The molecule has 0 amide bonds. The first-order valence-electron chi connectivity index (χ1n) is 20.6. The molecular weight excluding hydrogens is 725 g/mol. The number of fused-ring (bicyclic) bond motifs is 5. The first kappa shape index (κ1) is 35.2. The zero-order valence-electron chi connectivity index (χ0n) is 33.0. The highest BCUT2D eigenvalue weighted by atomic mass is 15.1. The molecule has 0 aliphatic carbocycles. The molecule has 60 heavy (non-hydrogen) atoms. The largest absolute Gasteiger partial charge is 0.310 e. The quantitative estimate of drug-likeness (QED) is 0.150. The third-order valence-electron chi connectivity index (χ3n) is 11.7. The smallest absolute Gasteiger partial charge is 0.0625 e. The third kappa shape index (κ3) is 6.32. The van der Waals surface area contributed by atoms with Gasteiger partial charge in [-0.2, -0.15) is 0 Å². The molecule has 0 saturated carbocycles. The molecule has 11 rings (SSSR count). The molecule has 0 atom stereocenters. The van der Waals surface area contributed by atoms with Gasteiger partial charge in [-0.1, -0.05) is 164 Å². The molecule has 0 unspecified atom stereocenters. The van der Waals surface area contributed by atoms with Crippen LogP contribution in [0.2, 0.25) is 0 Å². The fourth-order valence-electron chi connectivity index (χ4n) is 8.94. The molecule has 0 spiro atoms. The second-order valence-electron chi connectivity index (χ2n) is 15.4. The van der Waals surface area contributed by atoms with Crippen LogP contribution in [0.1, 0.15) is 0 Å². The second-order valence-corrected chi connectivity index (χ2v) is 15.4. The lowest BCUT2D eigenvalue weighted by atomic mass is 9.93. The molecule has 0 saturated heterocycles. The molecule has 11 aromatic rings. The monoisotopic (exact) mass is 764 g/mol. The van der Waals surface area contributed by atoms with Crippen LogP contribution in [0.5, 0.6) is 0 Å². The van der Waals surface area contributed by atoms with Crippen molar-refractivity contribution in [2.75, 3.05) is 4.90 Å². The third-order valence-corrected chi connectivity index (χ3v) is 11.7. The Morgan fingerprint density at radius 3 is 1.43 bits per heavy atom. The molecule has 0 radical (unpaired) electrons. The van der Waals surface area contributed by atoms with Crippen molar-refractivity contribution in [2.45, 2.75) is 0 Å². The van der Waals surface area contributed by atoms with Crippen molar-refractivity contribution in [1.29, 1.82) is 0 Å². The van der Waals surface area contributed by atoms with Crippen molar-refractivity contribution in [3.05, 3.63) is 243 Å². The second kappa shape index (κ2) is 15.1. The standard InChI is InChI=1S/C58H40N2/c1-5-18-41(19-6-1)46-36-47(42-20-7-2-8-21-42)38-48(37-46)43-32-34-51(35-33-43)59(49-24-9-3-10-25-49)52-28-17-23-44(39-52)55-40-45-22-13-14-29-53(45)58-57(55)54-30-15-16-31-56(54)60(58)50-26-11-4-12-27-50/h1-40H. The summed E-state index contributed by atoms with van der Waals surface area (Å²) in [4.78, 5) is 2.37. The molecule has 0 aliphatic heterocycles. The van der Waals surface area contributed by atoms with Gasteiger partial charge in [-0.25, -0.2) is 0 Å². The van der Waals surface area contributed by atoms with E-state index in [0.29, 0.717) is 0 Å². The molecule has 1 aromatic heterocycles. The van der Waals surface area contributed by atoms with Gasteiger partial charge in [0.1, 0.15) is 0 Å². The van der Waals surface area contributed by atoms with E-state index in [-0.39, 0.29) is 0 Å². The summed E-state index contributed by atoms with van der Waals surface area (Å²) in [7, 11) is 0. The first-order valence-corrected chi connectivity index (χ1v) is 20.6. The van der Waals surface area contributed by atoms with Crippen molar-refractivity contribution >= 4 is 49.6 Å². The van der Waals surface area contributed by atoms with E-state index in [2.05, 4.69) is 252 Å². The maximum absolute atomic E-state index is 2.44. The summed E-state index contributed by atoms with van der Waals surface area (Å²) in [5.41, 5.74) is 16.4. The van der Waals surface area contributed by atoms with Crippen LogP contribution < -0.4 is 4.90 Å². The van der Waals surface area contributed by atoms with E-state index < -0.39 is 0 Å². The Morgan fingerprint density at radius 2 is 0.783 bits per heavy atom. The summed E-state index contributed by atoms with van der Waals surface area (Å²) >= 11 is 0. The fourth-order valence-corrected chi connectivity index (χ4v) is 8.94. The average molecular weight is 765 g/mol. The summed E-state index contributed by atoms with van der Waals surface area (Å²) in [5, 5.41) is 4.95. The Bertz CT molecular complexity index is 3220. The minimum Gasteiger partial charge on any atom is -0.310 e. The van der Waals surface area contributed by atoms with Crippen LogP contribution in [0.4, 0.5) is 17.1 Å². The Hall–Kier alpha value is -7.94. The fraction of sp³-hybridized carbons (Fsp3) is 0. The molecule has 0 bridgehead atoms. The predicted octanol–water partition coefficient (Wildman–Crippen LogP) is 16.1. The molecule has 1 heterocycles. The van der Waals surface area contributed by atoms with Crippen molar-refractivity contribution in [3.63, 3.8) is 0 Å². The molecule has 0 N–H and O–H groups in total. The Kier molecular flexibility index (Phi) is 8.87. The molecule has 2 heteroatoms. The van der Waals surface area contributed by atoms with Gasteiger partial charge < -0.3 is 9.47 Å². The molecule has 10 aromatic carbocycles. The van der Waals surface area contributed by atoms with E-state index in [4.69, 9.17) is 0 Å². The maximum Gasteiger partial charge on any atom is 0.0625 e. The molecule has 0 aliphatic rings. The van der Waals surface area contributed by atoms with Crippen molar-refractivity contribution < 1.29 is 0 Å². The predicted molar refractivity (Wildman–Crippen MR) is 255 cm³/mol. The number of hydrogen-bond acceptors (Lipinski definition) is 1. The summed E-state index contributed by atoms with van der Waals surface area (Å²) in [6, 6.07) is 87.8. The molecule has 282 valence electrons. The maximum atomic E-state index is 2.44. The number of para-hydroxylation sites is 3. The first-order chi connectivity index (χ1) is 29.8. The summed E-state index contributed by atoms with van der Waals surface area (Å²) in [5.74, 6) is 0. The van der Waals surface area contributed by atoms with Crippen molar-refractivity contribution in [1.82, 2.24) is 4.57 Å². The molecular formula is C58H40N2. The zero-order valence-corrected chi connectivity index (χ0v) is 33.0. The van der Waals surface area contributed by atoms with Gasteiger partial charge in [0.05, 0.1) is 11.0 Å². The highest BCUT2D eigenvalue weighted by Gasteiger charge is 2.21. The van der Waals surface area contributed by atoms with Crippen LogP contribution >= 0.6 is 0 Å².